The highest BCUT2D eigenvalue weighted by molar-refractivity contribution is 7.94. The number of nitrogens with one attached hydrogen (secondary N) is 1. The number of hydrogen-bond donors (Lipinski definition) is 1. The molecule has 158 valence electrons. The number of hydrogen-bond acceptors (Lipinski definition) is 4. The van der Waals surface area contributed by atoms with Crippen molar-refractivity contribution in [2.45, 2.75) is 43.5 Å². The molecular formula is C21H22ClN3O4S. The minimum atomic E-state index is -4.16. The number of rotatable bonds is 4. The van der Waals surface area contributed by atoms with Crippen LogP contribution in [0.15, 0.2) is 47.4 Å². The molecule has 1 N–H and O–H groups in total. The van der Waals surface area contributed by atoms with Gasteiger partial charge in [-0.1, -0.05) is 42.6 Å². The fraction of sp³-hybridized carbons (Fsp3) is 0.333. The SMILES string of the molecule is Cc1ccc(Cl)cc1N1C(=O)N(CC(=O)NC2CCCC2)c2ccccc2S1(=O)=O. The summed E-state index contributed by atoms with van der Waals surface area (Å²) in [7, 11) is -4.16. The summed E-state index contributed by atoms with van der Waals surface area (Å²) in [5, 5.41) is 3.26. The summed E-state index contributed by atoms with van der Waals surface area (Å²) >= 11 is 6.08. The molecule has 3 amide bonds. The van der Waals surface area contributed by atoms with Crippen molar-refractivity contribution in [3.63, 3.8) is 0 Å². The molecule has 0 bridgehead atoms. The Kier molecular flexibility index (Phi) is 5.46. The molecule has 7 nitrogen and oxygen atoms in total. The zero-order valence-electron chi connectivity index (χ0n) is 16.5. The number of halogens is 1. The molecule has 0 atom stereocenters. The summed E-state index contributed by atoms with van der Waals surface area (Å²) in [5.41, 5.74) is 0.939. The van der Waals surface area contributed by atoms with Gasteiger partial charge in [-0.15, -0.1) is 0 Å². The molecule has 9 heteroatoms. The number of urea groups is 1. The van der Waals surface area contributed by atoms with Crippen molar-refractivity contribution in [2.75, 3.05) is 15.7 Å². The standard InChI is InChI=1S/C21H22ClN3O4S/c1-14-10-11-15(22)12-18(14)25-21(27)24(13-20(26)23-16-6-2-3-7-16)17-8-4-5-9-19(17)30(25,28)29/h4-5,8-12,16H,2-3,6-7,13H2,1H3,(H,23,26). The zero-order valence-corrected chi connectivity index (χ0v) is 18.0. The van der Waals surface area contributed by atoms with Crippen LogP contribution in [0.2, 0.25) is 5.02 Å². The molecule has 0 unspecified atom stereocenters. The minimum Gasteiger partial charge on any atom is -0.352 e. The lowest BCUT2D eigenvalue weighted by Crippen LogP contribution is -2.54. The Morgan fingerprint density at radius 2 is 1.83 bits per heavy atom. The third-order valence-electron chi connectivity index (χ3n) is 5.49. The van der Waals surface area contributed by atoms with Crippen molar-refractivity contribution < 1.29 is 18.0 Å². The number of aryl methyl sites for hydroxylation is 1. The fourth-order valence-corrected chi connectivity index (χ4v) is 5.80. The van der Waals surface area contributed by atoms with Gasteiger partial charge in [0.1, 0.15) is 11.4 Å². The van der Waals surface area contributed by atoms with E-state index in [-0.39, 0.29) is 34.8 Å². The maximum absolute atomic E-state index is 13.4. The van der Waals surface area contributed by atoms with E-state index in [1.807, 2.05) is 0 Å². The van der Waals surface area contributed by atoms with Crippen LogP contribution in [0.1, 0.15) is 31.2 Å². The second-order valence-corrected chi connectivity index (χ2v) is 9.78. The van der Waals surface area contributed by atoms with Crippen LogP contribution >= 0.6 is 11.6 Å². The Morgan fingerprint density at radius 1 is 1.13 bits per heavy atom. The lowest BCUT2D eigenvalue weighted by molar-refractivity contribution is -0.120. The first-order valence-corrected chi connectivity index (χ1v) is 11.6. The minimum absolute atomic E-state index is 0.0300. The highest BCUT2D eigenvalue weighted by Gasteiger charge is 2.43. The molecule has 2 aromatic carbocycles. The van der Waals surface area contributed by atoms with Gasteiger partial charge >= 0.3 is 6.03 Å². The van der Waals surface area contributed by atoms with E-state index in [1.165, 1.54) is 23.1 Å². The van der Waals surface area contributed by atoms with Gasteiger partial charge < -0.3 is 5.32 Å². The number of para-hydroxylation sites is 1. The number of carbonyl (C=O) groups excluding carboxylic acids is 2. The molecule has 30 heavy (non-hydrogen) atoms. The quantitative estimate of drug-likeness (QED) is 0.771. The van der Waals surface area contributed by atoms with E-state index in [4.69, 9.17) is 11.6 Å². The molecule has 0 saturated heterocycles. The van der Waals surface area contributed by atoms with Crippen LogP contribution in [-0.2, 0) is 14.8 Å². The van der Waals surface area contributed by atoms with Crippen molar-refractivity contribution >= 4 is 44.9 Å². The van der Waals surface area contributed by atoms with Crippen LogP contribution in [0.25, 0.3) is 0 Å². The molecule has 2 aliphatic rings. The molecule has 1 aliphatic heterocycles. The number of nitrogens with zero attached hydrogens (tertiary/aromatic N) is 2. The molecule has 1 fully saturated rings. The summed E-state index contributed by atoms with van der Waals surface area (Å²) in [5.74, 6) is -0.313. The van der Waals surface area contributed by atoms with Gasteiger partial charge in [0.15, 0.2) is 0 Å². The Bertz CT molecular complexity index is 1110. The van der Waals surface area contributed by atoms with E-state index < -0.39 is 16.1 Å². The van der Waals surface area contributed by atoms with Gasteiger partial charge in [0, 0.05) is 11.1 Å². The Morgan fingerprint density at radius 3 is 2.57 bits per heavy atom. The first-order valence-electron chi connectivity index (χ1n) is 9.80. The zero-order chi connectivity index (χ0) is 21.5. The number of benzene rings is 2. The van der Waals surface area contributed by atoms with E-state index in [9.17, 15) is 18.0 Å². The van der Waals surface area contributed by atoms with Crippen LogP contribution in [-0.4, -0.2) is 32.9 Å². The van der Waals surface area contributed by atoms with Crippen LogP contribution in [0, 0.1) is 6.92 Å². The molecule has 4 rings (SSSR count). The second-order valence-electron chi connectivity index (χ2n) is 7.59. The third kappa shape index (κ3) is 3.65. The average Bonchev–Trinajstić information content (AvgIpc) is 3.21. The first kappa shape index (κ1) is 20.7. The largest absolute Gasteiger partial charge is 0.352 e. The number of amides is 3. The van der Waals surface area contributed by atoms with Crippen molar-refractivity contribution in [3.8, 4) is 0 Å². The number of carbonyl (C=O) groups is 2. The summed E-state index contributed by atoms with van der Waals surface area (Å²) < 4.78 is 27.4. The van der Waals surface area contributed by atoms with E-state index in [2.05, 4.69) is 5.32 Å². The molecule has 1 heterocycles. The third-order valence-corrected chi connectivity index (χ3v) is 7.46. The molecule has 0 spiro atoms. The van der Waals surface area contributed by atoms with Crippen molar-refractivity contribution in [1.82, 2.24) is 5.32 Å². The maximum Gasteiger partial charge on any atom is 0.343 e. The topological polar surface area (TPSA) is 86.8 Å². The van der Waals surface area contributed by atoms with Crippen LogP contribution in [0.5, 0.6) is 0 Å². The monoisotopic (exact) mass is 447 g/mol. The normalized spacial score (nSPS) is 18.4. The Balaban J connectivity index is 1.75. The summed E-state index contributed by atoms with van der Waals surface area (Å²) in [4.78, 5) is 27.2. The van der Waals surface area contributed by atoms with Crippen LogP contribution in [0.4, 0.5) is 16.2 Å². The fourth-order valence-electron chi connectivity index (χ4n) is 3.99. The van der Waals surface area contributed by atoms with Gasteiger partial charge in [0.25, 0.3) is 10.0 Å². The van der Waals surface area contributed by atoms with E-state index in [0.29, 0.717) is 10.6 Å². The van der Waals surface area contributed by atoms with Crippen molar-refractivity contribution in [3.05, 3.63) is 53.1 Å². The molecule has 0 radical (unpaired) electrons. The Hall–Kier alpha value is -2.58. The van der Waals surface area contributed by atoms with Crippen LogP contribution in [0.3, 0.4) is 0 Å². The van der Waals surface area contributed by atoms with Crippen molar-refractivity contribution in [2.24, 2.45) is 0 Å². The van der Waals surface area contributed by atoms with E-state index in [1.54, 1.807) is 31.2 Å². The van der Waals surface area contributed by atoms with Gasteiger partial charge in [-0.05, 0) is 49.6 Å². The average molecular weight is 448 g/mol. The lowest BCUT2D eigenvalue weighted by Gasteiger charge is -2.36. The predicted octanol–water partition coefficient (Wildman–Crippen LogP) is 3.84. The summed E-state index contributed by atoms with van der Waals surface area (Å²) in [6, 6.07) is 10.2. The second kappa shape index (κ2) is 7.92. The van der Waals surface area contributed by atoms with E-state index >= 15 is 0 Å². The van der Waals surface area contributed by atoms with Crippen LogP contribution < -0.4 is 14.5 Å². The van der Waals surface area contributed by atoms with Crippen molar-refractivity contribution in [1.29, 1.82) is 0 Å². The van der Waals surface area contributed by atoms with Gasteiger partial charge in [-0.25, -0.2) is 13.2 Å². The molecule has 1 aliphatic carbocycles. The molecule has 2 aromatic rings. The molecule has 0 aromatic heterocycles. The first-order chi connectivity index (χ1) is 14.3. The smallest absolute Gasteiger partial charge is 0.343 e. The number of anilines is 2. The van der Waals surface area contributed by atoms with Gasteiger partial charge in [0.05, 0.1) is 11.4 Å². The lowest BCUT2D eigenvalue weighted by atomic mass is 10.2. The van der Waals surface area contributed by atoms with E-state index in [0.717, 1.165) is 30.0 Å². The summed E-state index contributed by atoms with van der Waals surface area (Å²) in [6.45, 7) is 1.43. The molecule has 1 saturated carbocycles. The highest BCUT2D eigenvalue weighted by atomic mass is 35.5. The maximum atomic E-state index is 13.4. The predicted molar refractivity (Wildman–Crippen MR) is 115 cm³/mol. The van der Waals surface area contributed by atoms with Gasteiger partial charge in [-0.2, -0.15) is 4.31 Å². The highest BCUT2D eigenvalue weighted by Crippen LogP contribution is 2.38. The number of fused-ring (bicyclic) bond motifs is 1. The van der Waals surface area contributed by atoms with Gasteiger partial charge in [0.2, 0.25) is 5.91 Å². The summed E-state index contributed by atoms with van der Waals surface area (Å²) in [6.07, 6.45) is 3.96. The number of sulfonamides is 1. The Labute approximate surface area is 180 Å². The molecular weight excluding hydrogens is 426 g/mol. The van der Waals surface area contributed by atoms with Gasteiger partial charge in [-0.3, -0.25) is 9.69 Å².